The molecule has 114 valence electrons. The van der Waals surface area contributed by atoms with Crippen molar-refractivity contribution in [3.8, 4) is 0 Å². The highest BCUT2D eigenvalue weighted by Crippen LogP contribution is 2.35. The molecule has 1 aliphatic heterocycles. The maximum atomic E-state index is 14.0. The summed E-state index contributed by atoms with van der Waals surface area (Å²) in [6, 6.07) is 4.80. The highest BCUT2D eigenvalue weighted by Gasteiger charge is 2.45. The predicted octanol–water partition coefficient (Wildman–Crippen LogP) is 3.54. The molecule has 21 heavy (non-hydrogen) atoms. The summed E-state index contributed by atoms with van der Waals surface area (Å²) in [6.45, 7) is 2.66. The van der Waals surface area contributed by atoms with Gasteiger partial charge < -0.3 is 9.64 Å². The lowest BCUT2D eigenvalue weighted by molar-refractivity contribution is -0.152. The van der Waals surface area contributed by atoms with Crippen molar-refractivity contribution in [3.63, 3.8) is 0 Å². The Morgan fingerprint density at radius 1 is 1.52 bits per heavy atom. The molecule has 1 amide bonds. The lowest BCUT2D eigenvalue weighted by atomic mass is 10.0. The van der Waals surface area contributed by atoms with Crippen LogP contribution in [0.3, 0.4) is 0 Å². The van der Waals surface area contributed by atoms with E-state index in [1.807, 2.05) is 6.92 Å². The van der Waals surface area contributed by atoms with Crippen molar-refractivity contribution < 1.29 is 13.9 Å². The van der Waals surface area contributed by atoms with Gasteiger partial charge in [0.05, 0.1) is 6.54 Å². The van der Waals surface area contributed by atoms with Crippen LogP contribution in [0.25, 0.3) is 0 Å². The van der Waals surface area contributed by atoms with E-state index in [1.54, 1.807) is 17.0 Å². The second-order valence-electron chi connectivity index (χ2n) is 6.05. The van der Waals surface area contributed by atoms with Crippen molar-refractivity contribution in [3.05, 3.63) is 34.6 Å². The minimum atomic E-state index is -0.764. The van der Waals surface area contributed by atoms with Crippen LogP contribution >= 0.6 is 11.6 Å². The summed E-state index contributed by atoms with van der Waals surface area (Å²) < 4.78 is 19.6. The topological polar surface area (TPSA) is 29.5 Å². The lowest BCUT2D eigenvalue weighted by Crippen LogP contribution is -2.47. The largest absolute Gasteiger partial charge is 0.365 e. The van der Waals surface area contributed by atoms with Crippen LogP contribution in [0.5, 0.6) is 0 Å². The Balaban J connectivity index is 1.84. The molecule has 1 aromatic rings. The van der Waals surface area contributed by atoms with E-state index in [4.69, 9.17) is 16.3 Å². The zero-order valence-electron chi connectivity index (χ0n) is 12.1. The van der Waals surface area contributed by atoms with E-state index in [2.05, 4.69) is 0 Å². The molecule has 2 aliphatic rings. The fourth-order valence-electron chi connectivity index (χ4n) is 2.86. The molecular formula is C16H19ClFNO2. The average Bonchev–Trinajstić information content (AvgIpc) is 3.19. The van der Waals surface area contributed by atoms with E-state index in [0.29, 0.717) is 17.2 Å². The minimum Gasteiger partial charge on any atom is -0.365 e. The molecule has 1 saturated carbocycles. The third-order valence-electron chi connectivity index (χ3n) is 4.31. The number of amides is 1. The Labute approximate surface area is 129 Å². The van der Waals surface area contributed by atoms with Gasteiger partial charge >= 0.3 is 0 Å². The van der Waals surface area contributed by atoms with Gasteiger partial charge in [-0.2, -0.15) is 0 Å². The van der Waals surface area contributed by atoms with E-state index in [-0.39, 0.29) is 24.3 Å². The minimum absolute atomic E-state index is 0.0400. The molecule has 5 heteroatoms. The molecule has 3 nitrogen and oxygen atoms in total. The van der Waals surface area contributed by atoms with Crippen molar-refractivity contribution in [1.29, 1.82) is 0 Å². The SMILES string of the molecule is CC1(C(=O)N(Cc2c(F)cccc2Cl)C2CC2)CCCO1. The van der Waals surface area contributed by atoms with Crippen LogP contribution < -0.4 is 0 Å². The van der Waals surface area contributed by atoms with Crippen LogP contribution in [0.15, 0.2) is 18.2 Å². The zero-order chi connectivity index (χ0) is 15.0. The van der Waals surface area contributed by atoms with Crippen LogP contribution in [0.2, 0.25) is 5.02 Å². The van der Waals surface area contributed by atoms with Crippen LogP contribution in [0.4, 0.5) is 4.39 Å². The number of nitrogens with zero attached hydrogens (tertiary/aromatic N) is 1. The number of hydrogen-bond donors (Lipinski definition) is 0. The first-order chi connectivity index (χ1) is 10.0. The van der Waals surface area contributed by atoms with Crippen LogP contribution in [0.1, 0.15) is 38.2 Å². The van der Waals surface area contributed by atoms with Gasteiger partial charge in [-0.3, -0.25) is 4.79 Å². The maximum Gasteiger partial charge on any atom is 0.255 e. The first-order valence-corrected chi connectivity index (χ1v) is 7.77. The van der Waals surface area contributed by atoms with Crippen molar-refractivity contribution >= 4 is 17.5 Å². The Morgan fingerprint density at radius 3 is 2.86 bits per heavy atom. The van der Waals surface area contributed by atoms with Gasteiger partial charge in [0.1, 0.15) is 11.4 Å². The molecule has 1 atom stereocenters. The summed E-state index contributed by atoms with van der Waals surface area (Å²) in [5, 5.41) is 0.367. The Kier molecular flexibility index (Phi) is 3.93. The van der Waals surface area contributed by atoms with Gasteiger partial charge in [0, 0.05) is 23.2 Å². The molecule has 1 heterocycles. The van der Waals surface area contributed by atoms with Crippen molar-refractivity contribution in [1.82, 2.24) is 4.90 Å². The number of carbonyl (C=O) groups is 1. The Hall–Kier alpha value is -1.13. The average molecular weight is 312 g/mol. The fraction of sp³-hybridized carbons (Fsp3) is 0.562. The van der Waals surface area contributed by atoms with Gasteiger partial charge in [-0.25, -0.2) is 4.39 Å². The second-order valence-corrected chi connectivity index (χ2v) is 6.45. The van der Waals surface area contributed by atoms with Crippen molar-refractivity contribution in [2.75, 3.05) is 6.61 Å². The maximum absolute atomic E-state index is 14.0. The van der Waals surface area contributed by atoms with Gasteiger partial charge in [0.25, 0.3) is 5.91 Å². The molecule has 1 unspecified atom stereocenters. The Bertz CT molecular complexity index is 533. The first kappa shape index (κ1) is 14.8. The second kappa shape index (κ2) is 5.58. The van der Waals surface area contributed by atoms with E-state index in [0.717, 1.165) is 25.7 Å². The van der Waals surface area contributed by atoms with Crippen molar-refractivity contribution in [2.45, 2.75) is 50.8 Å². The monoisotopic (exact) mass is 311 g/mol. The quantitative estimate of drug-likeness (QED) is 0.851. The first-order valence-electron chi connectivity index (χ1n) is 7.39. The molecule has 0 bridgehead atoms. The number of rotatable bonds is 4. The normalized spacial score (nSPS) is 25.1. The molecule has 1 aromatic carbocycles. The number of carbonyl (C=O) groups excluding carboxylic acids is 1. The van der Waals surface area contributed by atoms with Gasteiger partial charge in [-0.1, -0.05) is 17.7 Å². The summed E-state index contributed by atoms with van der Waals surface area (Å²) in [7, 11) is 0. The summed E-state index contributed by atoms with van der Waals surface area (Å²) in [5.41, 5.74) is -0.374. The number of halogens is 2. The van der Waals surface area contributed by atoms with E-state index in [1.165, 1.54) is 6.07 Å². The van der Waals surface area contributed by atoms with Gasteiger partial charge in [0.2, 0.25) is 0 Å². The molecule has 1 saturated heterocycles. The summed E-state index contributed by atoms with van der Waals surface area (Å²) in [4.78, 5) is 14.6. The molecule has 2 fully saturated rings. The Morgan fingerprint density at radius 2 is 2.29 bits per heavy atom. The highest BCUT2D eigenvalue weighted by atomic mass is 35.5. The molecule has 0 spiro atoms. The lowest BCUT2D eigenvalue weighted by Gasteiger charge is -2.31. The molecule has 0 radical (unpaired) electrons. The van der Waals surface area contributed by atoms with Crippen LogP contribution in [0, 0.1) is 5.82 Å². The highest BCUT2D eigenvalue weighted by molar-refractivity contribution is 6.31. The number of hydrogen-bond acceptors (Lipinski definition) is 2. The number of benzene rings is 1. The van der Waals surface area contributed by atoms with Gasteiger partial charge in [0.15, 0.2) is 0 Å². The summed E-state index contributed by atoms with van der Waals surface area (Å²) >= 11 is 6.09. The fourth-order valence-corrected chi connectivity index (χ4v) is 3.08. The molecule has 0 N–H and O–H groups in total. The van der Waals surface area contributed by atoms with Crippen LogP contribution in [-0.4, -0.2) is 29.1 Å². The predicted molar refractivity (Wildman–Crippen MR) is 78.6 cm³/mol. The van der Waals surface area contributed by atoms with Gasteiger partial charge in [-0.05, 0) is 44.7 Å². The van der Waals surface area contributed by atoms with E-state index in [9.17, 15) is 9.18 Å². The van der Waals surface area contributed by atoms with E-state index < -0.39 is 5.60 Å². The molecule has 0 aromatic heterocycles. The smallest absolute Gasteiger partial charge is 0.255 e. The molecule has 3 rings (SSSR count). The standard InChI is InChI=1S/C16H19ClFNO2/c1-16(8-3-9-21-16)15(20)19(11-6-7-11)10-12-13(17)4-2-5-14(12)18/h2,4-5,11H,3,6-10H2,1H3. The van der Waals surface area contributed by atoms with Crippen molar-refractivity contribution in [2.24, 2.45) is 0 Å². The zero-order valence-corrected chi connectivity index (χ0v) is 12.8. The van der Waals surface area contributed by atoms with Crippen LogP contribution in [-0.2, 0) is 16.1 Å². The van der Waals surface area contributed by atoms with Gasteiger partial charge in [-0.15, -0.1) is 0 Å². The summed E-state index contributed by atoms with van der Waals surface area (Å²) in [6.07, 6.45) is 3.54. The third kappa shape index (κ3) is 2.92. The summed E-state index contributed by atoms with van der Waals surface area (Å²) in [5.74, 6) is -0.403. The number of ether oxygens (including phenoxy) is 1. The third-order valence-corrected chi connectivity index (χ3v) is 4.66. The molecule has 1 aliphatic carbocycles. The van der Waals surface area contributed by atoms with E-state index >= 15 is 0 Å². The molecular weight excluding hydrogens is 293 g/mol.